The fourth-order valence-electron chi connectivity index (χ4n) is 4.45. The van der Waals surface area contributed by atoms with Crippen LogP contribution in [0.15, 0.2) is 103 Å². The van der Waals surface area contributed by atoms with E-state index in [1.807, 2.05) is 41.3 Å². The highest BCUT2D eigenvalue weighted by Gasteiger charge is 2.45. The first-order valence-electron chi connectivity index (χ1n) is 12.4. The van der Waals surface area contributed by atoms with Crippen molar-refractivity contribution in [1.82, 2.24) is 10.2 Å². The summed E-state index contributed by atoms with van der Waals surface area (Å²) in [5, 5.41) is 6.20. The monoisotopic (exact) mass is 464 g/mol. The Hall–Kier alpha value is -3.43. The van der Waals surface area contributed by atoms with Crippen LogP contribution in [0.25, 0.3) is 10.8 Å². The van der Waals surface area contributed by atoms with E-state index in [-0.39, 0.29) is 5.91 Å². The Bertz CT molecular complexity index is 1220. The van der Waals surface area contributed by atoms with E-state index >= 15 is 0 Å². The van der Waals surface area contributed by atoms with E-state index in [0.29, 0.717) is 19.6 Å². The quantitative estimate of drug-likeness (QED) is 0.290. The lowest BCUT2D eigenvalue weighted by Crippen LogP contribution is -2.58. The van der Waals surface area contributed by atoms with Crippen LogP contribution < -0.4 is 5.32 Å². The summed E-state index contributed by atoms with van der Waals surface area (Å²) in [6, 6.07) is 35.3. The molecule has 0 spiro atoms. The number of amides is 1. The van der Waals surface area contributed by atoms with Crippen molar-refractivity contribution in [3.63, 3.8) is 0 Å². The van der Waals surface area contributed by atoms with Crippen LogP contribution in [-0.4, -0.2) is 16.3 Å². The van der Waals surface area contributed by atoms with E-state index < -0.39 is 11.0 Å². The third kappa shape index (κ3) is 5.63. The van der Waals surface area contributed by atoms with E-state index in [4.69, 9.17) is 0 Å². The lowest BCUT2D eigenvalue weighted by molar-refractivity contribution is -0.146. The van der Waals surface area contributed by atoms with Gasteiger partial charge in [-0.15, -0.1) is 0 Å². The third-order valence-corrected chi connectivity index (χ3v) is 7.42. The van der Waals surface area contributed by atoms with Gasteiger partial charge in [-0.3, -0.25) is 4.79 Å². The average Bonchev–Trinajstić information content (AvgIpc) is 2.87. The van der Waals surface area contributed by atoms with Crippen molar-refractivity contribution in [2.24, 2.45) is 5.41 Å². The number of nitrogens with one attached hydrogen (secondary N) is 1. The molecule has 4 aromatic carbocycles. The summed E-state index contributed by atoms with van der Waals surface area (Å²) < 4.78 is 0. The van der Waals surface area contributed by atoms with Crippen molar-refractivity contribution in [2.45, 2.75) is 52.9 Å². The normalized spacial score (nSPS) is 12.0. The second-order valence-corrected chi connectivity index (χ2v) is 10.4. The van der Waals surface area contributed by atoms with Gasteiger partial charge in [-0.25, -0.2) is 0 Å². The summed E-state index contributed by atoms with van der Waals surface area (Å²) in [6.45, 7) is 10.3. The molecule has 0 aliphatic carbocycles. The number of carbonyl (C=O) groups excluding carboxylic acids is 1. The molecule has 0 unspecified atom stereocenters. The van der Waals surface area contributed by atoms with Gasteiger partial charge >= 0.3 is 0 Å². The number of nitrogens with zero attached hydrogens (tertiary/aromatic N) is 1. The van der Waals surface area contributed by atoms with Gasteiger partial charge in [0.1, 0.15) is 0 Å². The minimum absolute atomic E-state index is 0.139. The van der Waals surface area contributed by atoms with Crippen molar-refractivity contribution in [1.29, 1.82) is 0 Å². The van der Waals surface area contributed by atoms with E-state index in [0.717, 1.165) is 11.1 Å². The first kappa shape index (κ1) is 24.7. The molecule has 3 heteroatoms. The Kier molecular flexibility index (Phi) is 7.37. The minimum Gasteiger partial charge on any atom is -0.334 e. The molecule has 0 bridgehead atoms. The minimum atomic E-state index is -0.638. The second kappa shape index (κ2) is 10.5. The molecule has 1 N–H and O–H groups in total. The van der Waals surface area contributed by atoms with Crippen LogP contribution in [-0.2, 0) is 24.4 Å². The standard InChI is InChI=1S/C32H36N2O/c1-31(2,32(3,4)33-22-28-20-13-19-27-18-11-12-21-29(27)28)30(35)34(23-25-14-7-5-8-15-25)24-26-16-9-6-10-17-26/h5-21,33H,22-24H2,1-4H3. The summed E-state index contributed by atoms with van der Waals surface area (Å²) in [4.78, 5) is 16.1. The topological polar surface area (TPSA) is 32.3 Å². The SMILES string of the molecule is CC(C)(NCc1cccc2ccccc12)C(C)(C)C(=O)N(Cc1ccccc1)Cc1ccccc1. The number of fused-ring (bicyclic) bond motifs is 1. The zero-order valence-corrected chi connectivity index (χ0v) is 21.3. The molecular weight excluding hydrogens is 428 g/mol. The van der Waals surface area contributed by atoms with Gasteiger partial charge in [0.15, 0.2) is 0 Å². The lowest BCUT2D eigenvalue weighted by atomic mass is 9.73. The van der Waals surface area contributed by atoms with Crippen LogP contribution in [0.3, 0.4) is 0 Å². The largest absolute Gasteiger partial charge is 0.334 e. The average molecular weight is 465 g/mol. The first-order chi connectivity index (χ1) is 16.8. The molecule has 1 amide bonds. The van der Waals surface area contributed by atoms with Gasteiger partial charge in [0.05, 0.1) is 5.41 Å². The van der Waals surface area contributed by atoms with Crippen LogP contribution in [0, 0.1) is 5.41 Å². The van der Waals surface area contributed by atoms with Crippen LogP contribution in [0.5, 0.6) is 0 Å². The first-order valence-corrected chi connectivity index (χ1v) is 12.4. The predicted molar refractivity (Wildman–Crippen MR) is 146 cm³/mol. The highest BCUT2D eigenvalue weighted by molar-refractivity contribution is 5.86. The zero-order chi connectivity index (χ0) is 24.9. The predicted octanol–water partition coefficient (Wildman–Crippen LogP) is 6.96. The fraction of sp³-hybridized carbons (Fsp3) is 0.281. The molecule has 4 rings (SSSR count). The van der Waals surface area contributed by atoms with Crippen LogP contribution in [0.2, 0.25) is 0 Å². The van der Waals surface area contributed by atoms with Gasteiger partial charge in [0, 0.05) is 25.2 Å². The highest BCUT2D eigenvalue weighted by atomic mass is 16.2. The molecule has 180 valence electrons. The van der Waals surface area contributed by atoms with Gasteiger partial charge < -0.3 is 10.2 Å². The van der Waals surface area contributed by atoms with Crippen molar-refractivity contribution in [3.8, 4) is 0 Å². The van der Waals surface area contributed by atoms with Crippen LogP contribution in [0.1, 0.15) is 44.4 Å². The number of carbonyl (C=O) groups is 1. The molecular formula is C32H36N2O. The highest BCUT2D eigenvalue weighted by Crippen LogP contribution is 2.34. The van der Waals surface area contributed by atoms with E-state index in [1.165, 1.54) is 16.3 Å². The molecule has 0 saturated carbocycles. The molecule has 0 aliphatic rings. The third-order valence-electron chi connectivity index (χ3n) is 7.42. The molecule has 35 heavy (non-hydrogen) atoms. The Morgan fingerprint density at radius 2 is 1.20 bits per heavy atom. The summed E-state index contributed by atoms with van der Waals surface area (Å²) in [5.41, 5.74) is 2.43. The maximum atomic E-state index is 14.1. The molecule has 0 aromatic heterocycles. The molecule has 0 aliphatic heterocycles. The van der Waals surface area contributed by atoms with Crippen molar-refractivity contribution in [2.75, 3.05) is 0 Å². The van der Waals surface area contributed by atoms with Gasteiger partial charge in [-0.1, -0.05) is 103 Å². The Balaban J connectivity index is 1.56. The Morgan fingerprint density at radius 3 is 1.80 bits per heavy atom. The lowest BCUT2D eigenvalue weighted by Gasteiger charge is -2.44. The number of hydrogen-bond donors (Lipinski definition) is 1. The molecule has 0 saturated heterocycles. The van der Waals surface area contributed by atoms with Crippen molar-refractivity contribution >= 4 is 16.7 Å². The van der Waals surface area contributed by atoms with E-state index in [2.05, 4.69) is 99.7 Å². The second-order valence-electron chi connectivity index (χ2n) is 10.4. The Labute approximate surface area is 209 Å². The summed E-state index contributed by atoms with van der Waals surface area (Å²) in [7, 11) is 0. The number of hydrogen-bond acceptors (Lipinski definition) is 2. The number of benzene rings is 4. The maximum absolute atomic E-state index is 14.1. The maximum Gasteiger partial charge on any atom is 0.230 e. The molecule has 3 nitrogen and oxygen atoms in total. The fourth-order valence-corrected chi connectivity index (χ4v) is 4.45. The van der Waals surface area contributed by atoms with E-state index in [9.17, 15) is 4.79 Å². The van der Waals surface area contributed by atoms with Gasteiger partial charge in [-0.2, -0.15) is 0 Å². The van der Waals surface area contributed by atoms with E-state index in [1.54, 1.807) is 0 Å². The van der Waals surface area contributed by atoms with Crippen LogP contribution in [0.4, 0.5) is 0 Å². The summed E-state index contributed by atoms with van der Waals surface area (Å²) in [5.74, 6) is 0.139. The zero-order valence-electron chi connectivity index (χ0n) is 21.3. The molecule has 0 heterocycles. The molecule has 0 fully saturated rings. The molecule has 0 atom stereocenters. The molecule has 0 radical (unpaired) electrons. The van der Waals surface area contributed by atoms with Gasteiger partial charge in [-0.05, 0) is 55.2 Å². The van der Waals surface area contributed by atoms with Gasteiger partial charge in [0.2, 0.25) is 5.91 Å². The summed E-state index contributed by atoms with van der Waals surface area (Å²) >= 11 is 0. The summed E-state index contributed by atoms with van der Waals surface area (Å²) in [6.07, 6.45) is 0. The van der Waals surface area contributed by atoms with Crippen molar-refractivity contribution in [3.05, 3.63) is 120 Å². The molecule has 4 aromatic rings. The van der Waals surface area contributed by atoms with Crippen molar-refractivity contribution < 1.29 is 4.79 Å². The van der Waals surface area contributed by atoms with Crippen LogP contribution >= 0.6 is 0 Å². The number of rotatable bonds is 9. The smallest absolute Gasteiger partial charge is 0.230 e. The Morgan fingerprint density at radius 1 is 0.686 bits per heavy atom. The van der Waals surface area contributed by atoms with Gasteiger partial charge in [0.25, 0.3) is 0 Å².